The van der Waals surface area contributed by atoms with Gasteiger partial charge in [0.25, 0.3) is 0 Å². The van der Waals surface area contributed by atoms with Gasteiger partial charge in [-0.05, 0) is 43.7 Å². The average Bonchev–Trinajstić information content (AvgIpc) is 3.11. The molecule has 0 radical (unpaired) electrons. The Kier molecular flexibility index (Phi) is 14.1. The maximum atomic E-state index is 13.1. The molecule has 1 aliphatic rings. The van der Waals surface area contributed by atoms with E-state index in [1.165, 1.54) is 31.7 Å². The van der Waals surface area contributed by atoms with E-state index >= 15 is 0 Å². The van der Waals surface area contributed by atoms with Gasteiger partial charge >= 0.3 is 5.97 Å². The first-order valence-electron chi connectivity index (χ1n) is 13.3. The number of allylic oxidation sites excluding steroid dienone is 3. The molecule has 0 aromatic rings. The van der Waals surface area contributed by atoms with Crippen molar-refractivity contribution in [3.63, 3.8) is 0 Å². The Morgan fingerprint density at radius 3 is 2.40 bits per heavy atom. The van der Waals surface area contributed by atoms with Crippen LogP contribution in [-0.2, 0) is 18.8 Å². The number of rotatable bonds is 16. The highest BCUT2D eigenvalue weighted by Crippen LogP contribution is 2.39. The zero-order valence-corrected chi connectivity index (χ0v) is 25.2. The molecule has 1 rings (SSSR count). The van der Waals surface area contributed by atoms with Gasteiger partial charge in [-0.1, -0.05) is 78.0 Å². The lowest BCUT2D eigenvalue weighted by Gasteiger charge is -2.38. The first kappa shape index (κ1) is 32.1. The maximum Gasteiger partial charge on any atom is 0.305 e. The van der Waals surface area contributed by atoms with Crippen LogP contribution in [0, 0.1) is 11.8 Å². The second-order valence-electron chi connectivity index (χ2n) is 11.2. The molecule has 5 nitrogen and oxygen atoms in total. The van der Waals surface area contributed by atoms with E-state index in [1.54, 1.807) is 0 Å². The molecule has 0 saturated heterocycles. The Morgan fingerprint density at radius 2 is 1.83 bits per heavy atom. The molecule has 7 heteroatoms. The molecule has 35 heavy (non-hydrogen) atoms. The number of hydrogen-bond acceptors (Lipinski definition) is 6. The van der Waals surface area contributed by atoms with E-state index in [9.17, 15) is 14.7 Å². The van der Waals surface area contributed by atoms with Gasteiger partial charge in [-0.2, -0.15) is 0 Å². The van der Waals surface area contributed by atoms with Crippen LogP contribution in [0.2, 0.25) is 18.1 Å². The highest BCUT2D eigenvalue weighted by Gasteiger charge is 2.40. The third-order valence-corrected chi connectivity index (χ3v) is 12.7. The summed E-state index contributed by atoms with van der Waals surface area (Å²) in [5, 5.41) is 11.1. The lowest BCUT2D eigenvalue weighted by molar-refractivity contribution is -0.140. The van der Waals surface area contributed by atoms with E-state index in [2.05, 4.69) is 57.7 Å². The van der Waals surface area contributed by atoms with Crippen LogP contribution in [0.15, 0.2) is 23.1 Å². The number of methoxy groups -OCH3 is 1. The fourth-order valence-electron chi connectivity index (χ4n) is 4.15. The second kappa shape index (κ2) is 15.4. The molecule has 0 fully saturated rings. The highest BCUT2D eigenvalue weighted by atomic mass is 32.2. The molecule has 0 saturated carbocycles. The van der Waals surface area contributed by atoms with E-state index < -0.39 is 20.3 Å². The number of ether oxygens (including phenoxy) is 1. The minimum atomic E-state index is -1.93. The normalized spacial score (nSPS) is 20.8. The molecule has 1 aliphatic carbocycles. The van der Waals surface area contributed by atoms with Gasteiger partial charge in [0, 0.05) is 17.2 Å². The topological polar surface area (TPSA) is 72.8 Å². The van der Waals surface area contributed by atoms with Gasteiger partial charge in [-0.25, -0.2) is 0 Å². The van der Waals surface area contributed by atoms with Gasteiger partial charge in [-0.3, -0.25) is 9.59 Å². The van der Waals surface area contributed by atoms with Crippen molar-refractivity contribution in [1.82, 2.24) is 0 Å². The largest absolute Gasteiger partial charge is 0.469 e. The fourth-order valence-corrected chi connectivity index (χ4v) is 6.09. The number of aliphatic hydroxyl groups is 1. The van der Waals surface area contributed by atoms with Crippen molar-refractivity contribution in [2.24, 2.45) is 11.8 Å². The number of aliphatic hydroxyl groups excluding tert-OH is 1. The number of thioether (sulfide) groups is 1. The summed E-state index contributed by atoms with van der Waals surface area (Å²) in [6, 6.07) is 0. The Morgan fingerprint density at radius 1 is 1.17 bits per heavy atom. The van der Waals surface area contributed by atoms with Crippen molar-refractivity contribution >= 4 is 31.8 Å². The molecule has 4 atom stereocenters. The number of carbonyl (C=O) groups excluding carboxylic acids is 2. The standard InChI is InChI=1S/C28H50O5SSi/c1-9-10-12-15-22(33-35(7,8)28(2,3)4)19-18-21-20-24(34-6)27(31)26(21)23(29)16-13-11-14-17-25(30)32-5/h18-23,26,29H,9-17H2,1-8H3. The summed E-state index contributed by atoms with van der Waals surface area (Å²) in [6.07, 6.45) is 15.3. The molecule has 0 aliphatic heterocycles. The van der Waals surface area contributed by atoms with E-state index in [-0.39, 0.29) is 28.8 Å². The minimum Gasteiger partial charge on any atom is -0.469 e. The van der Waals surface area contributed by atoms with Gasteiger partial charge < -0.3 is 14.3 Å². The van der Waals surface area contributed by atoms with E-state index in [0.29, 0.717) is 12.8 Å². The third-order valence-electron chi connectivity index (χ3n) is 7.44. The molecule has 0 aromatic carbocycles. The Hall–Kier alpha value is -0.893. The summed E-state index contributed by atoms with van der Waals surface area (Å²) >= 11 is 1.46. The first-order chi connectivity index (χ1) is 16.4. The minimum absolute atomic E-state index is 0.0281. The third kappa shape index (κ3) is 10.5. The van der Waals surface area contributed by atoms with Crippen LogP contribution in [-0.4, -0.2) is 50.7 Å². The summed E-state index contributed by atoms with van der Waals surface area (Å²) < 4.78 is 11.4. The molecule has 202 valence electrons. The van der Waals surface area contributed by atoms with Crippen molar-refractivity contribution in [3.8, 4) is 0 Å². The van der Waals surface area contributed by atoms with Crippen LogP contribution < -0.4 is 0 Å². The molecular formula is C28H50O5SSi. The SMILES string of the molecule is CCCCCC(C=CC1C=C(SC)C(=O)C1C(O)CCCCCC(=O)OC)O[Si](C)(C)C(C)(C)C. The molecule has 0 amide bonds. The van der Waals surface area contributed by atoms with Crippen LogP contribution >= 0.6 is 11.8 Å². The Balaban J connectivity index is 2.91. The number of unbranched alkanes of at least 4 members (excludes halogenated alkanes) is 4. The number of hydrogen-bond donors (Lipinski definition) is 1. The van der Waals surface area contributed by atoms with Crippen LogP contribution in [0.4, 0.5) is 0 Å². The summed E-state index contributed by atoms with van der Waals surface area (Å²) in [5.74, 6) is -0.726. The number of carbonyl (C=O) groups is 2. The van der Waals surface area contributed by atoms with Gasteiger partial charge in [0.1, 0.15) is 0 Å². The average molecular weight is 527 g/mol. The van der Waals surface area contributed by atoms with Crippen molar-refractivity contribution in [1.29, 1.82) is 0 Å². The molecule has 4 unspecified atom stereocenters. The zero-order chi connectivity index (χ0) is 26.6. The molecule has 1 N–H and O–H groups in total. The van der Waals surface area contributed by atoms with Gasteiger partial charge in [0.05, 0.1) is 25.2 Å². The second-order valence-corrected chi connectivity index (χ2v) is 16.8. The first-order valence-corrected chi connectivity index (χ1v) is 17.4. The van der Waals surface area contributed by atoms with E-state index in [0.717, 1.165) is 37.0 Å². The van der Waals surface area contributed by atoms with Crippen molar-refractivity contribution in [2.75, 3.05) is 13.4 Å². The van der Waals surface area contributed by atoms with Crippen molar-refractivity contribution in [2.45, 2.75) is 116 Å². The number of esters is 1. The highest BCUT2D eigenvalue weighted by molar-refractivity contribution is 8.03. The number of Topliss-reactive ketones (excluding diaryl/α,β-unsaturated/α-hetero) is 1. The smallest absolute Gasteiger partial charge is 0.305 e. The summed E-state index contributed by atoms with van der Waals surface area (Å²) in [5.41, 5.74) is 0. The molecular weight excluding hydrogens is 476 g/mol. The van der Waals surface area contributed by atoms with Crippen LogP contribution in [0.1, 0.15) is 85.5 Å². The Bertz CT molecular complexity index is 725. The van der Waals surface area contributed by atoms with Crippen LogP contribution in [0.3, 0.4) is 0 Å². The molecule has 0 bridgehead atoms. The predicted octanol–water partition coefficient (Wildman–Crippen LogP) is 7.06. The summed E-state index contributed by atoms with van der Waals surface area (Å²) in [6.45, 7) is 13.5. The fraction of sp³-hybridized carbons (Fsp3) is 0.786. The lowest BCUT2D eigenvalue weighted by atomic mass is 9.86. The van der Waals surface area contributed by atoms with Crippen molar-refractivity contribution in [3.05, 3.63) is 23.1 Å². The monoisotopic (exact) mass is 526 g/mol. The Labute approximate surface area is 219 Å². The van der Waals surface area contributed by atoms with Gasteiger partial charge in [0.15, 0.2) is 14.1 Å². The zero-order valence-electron chi connectivity index (χ0n) is 23.4. The quantitative estimate of drug-likeness (QED) is 0.100. The molecule has 0 aromatic heterocycles. The van der Waals surface area contributed by atoms with Crippen LogP contribution in [0.5, 0.6) is 0 Å². The molecule has 0 heterocycles. The van der Waals surface area contributed by atoms with Crippen LogP contribution in [0.25, 0.3) is 0 Å². The lowest BCUT2D eigenvalue weighted by Crippen LogP contribution is -2.43. The maximum absolute atomic E-state index is 13.1. The number of ketones is 1. The summed E-state index contributed by atoms with van der Waals surface area (Å²) in [4.78, 5) is 25.1. The predicted molar refractivity (Wildman–Crippen MR) is 150 cm³/mol. The van der Waals surface area contributed by atoms with E-state index in [1.807, 2.05) is 12.3 Å². The summed E-state index contributed by atoms with van der Waals surface area (Å²) in [7, 11) is -0.538. The van der Waals surface area contributed by atoms with Gasteiger partial charge in [0.2, 0.25) is 0 Å². The van der Waals surface area contributed by atoms with Gasteiger partial charge in [-0.15, -0.1) is 11.8 Å². The molecule has 0 spiro atoms. The van der Waals surface area contributed by atoms with Crippen molar-refractivity contribution < 1.29 is 23.9 Å². The van der Waals surface area contributed by atoms with E-state index in [4.69, 9.17) is 4.43 Å².